The summed E-state index contributed by atoms with van der Waals surface area (Å²) < 4.78 is 26.5. The van der Waals surface area contributed by atoms with Gasteiger partial charge in [-0.1, -0.05) is 13.8 Å². The molecule has 0 heterocycles. The van der Waals surface area contributed by atoms with E-state index in [0.29, 0.717) is 6.07 Å². The number of nitro benzene ring substituents is 1. The maximum atomic E-state index is 13.4. The third-order valence-corrected chi connectivity index (χ3v) is 2.58. The van der Waals surface area contributed by atoms with Gasteiger partial charge in [-0.15, -0.1) is 0 Å². The summed E-state index contributed by atoms with van der Waals surface area (Å²) in [6.45, 7) is 3.83. The SMILES string of the molecule is CCC(CC)Nc1cc([N+](=O)[O-])c(F)cc1F. The number of nitrogens with one attached hydrogen (secondary N) is 1. The van der Waals surface area contributed by atoms with Gasteiger partial charge in [-0.3, -0.25) is 10.1 Å². The highest BCUT2D eigenvalue weighted by Gasteiger charge is 2.19. The molecule has 1 aromatic carbocycles. The normalized spacial score (nSPS) is 10.6. The number of rotatable bonds is 5. The Balaban J connectivity index is 3.07. The van der Waals surface area contributed by atoms with Crippen molar-refractivity contribution in [2.24, 2.45) is 0 Å². The summed E-state index contributed by atoms with van der Waals surface area (Å²) in [6.07, 6.45) is 1.50. The number of nitro groups is 1. The van der Waals surface area contributed by atoms with E-state index in [1.807, 2.05) is 13.8 Å². The Morgan fingerprint density at radius 2 is 1.88 bits per heavy atom. The fourth-order valence-electron chi connectivity index (χ4n) is 1.50. The van der Waals surface area contributed by atoms with Crippen LogP contribution in [0, 0.1) is 21.7 Å². The van der Waals surface area contributed by atoms with Gasteiger partial charge in [-0.25, -0.2) is 4.39 Å². The van der Waals surface area contributed by atoms with Crippen LogP contribution in [0.15, 0.2) is 12.1 Å². The molecule has 1 aromatic rings. The van der Waals surface area contributed by atoms with Gasteiger partial charge in [0.05, 0.1) is 10.6 Å². The predicted octanol–water partition coefficient (Wildman–Crippen LogP) is 3.47. The highest BCUT2D eigenvalue weighted by molar-refractivity contribution is 5.53. The standard InChI is InChI=1S/C11H14F2N2O2/c1-3-7(4-2)14-10-6-11(15(16)17)9(13)5-8(10)12/h5-7,14H,3-4H2,1-2H3. The topological polar surface area (TPSA) is 55.2 Å². The maximum Gasteiger partial charge on any atom is 0.307 e. The van der Waals surface area contributed by atoms with E-state index in [4.69, 9.17) is 0 Å². The fraction of sp³-hybridized carbons (Fsp3) is 0.455. The van der Waals surface area contributed by atoms with E-state index in [1.54, 1.807) is 0 Å². The third kappa shape index (κ3) is 3.12. The first-order valence-corrected chi connectivity index (χ1v) is 5.39. The summed E-state index contributed by atoms with van der Waals surface area (Å²) in [5, 5.41) is 13.3. The summed E-state index contributed by atoms with van der Waals surface area (Å²) in [4.78, 5) is 9.66. The number of halogens is 2. The lowest BCUT2D eigenvalue weighted by Gasteiger charge is -2.16. The molecule has 0 spiro atoms. The second kappa shape index (κ2) is 5.56. The molecule has 94 valence electrons. The molecule has 0 radical (unpaired) electrons. The zero-order chi connectivity index (χ0) is 13.0. The molecule has 4 nitrogen and oxygen atoms in total. The lowest BCUT2D eigenvalue weighted by atomic mass is 10.1. The minimum atomic E-state index is -1.16. The van der Waals surface area contributed by atoms with E-state index >= 15 is 0 Å². The molecule has 0 bridgehead atoms. The summed E-state index contributed by atoms with van der Waals surface area (Å²) >= 11 is 0. The number of anilines is 1. The average Bonchev–Trinajstić information content (AvgIpc) is 2.27. The molecule has 17 heavy (non-hydrogen) atoms. The highest BCUT2D eigenvalue weighted by atomic mass is 19.1. The molecule has 0 aromatic heterocycles. The van der Waals surface area contributed by atoms with E-state index in [2.05, 4.69) is 5.32 Å². The molecule has 0 amide bonds. The van der Waals surface area contributed by atoms with Gasteiger partial charge in [0.25, 0.3) is 0 Å². The van der Waals surface area contributed by atoms with E-state index in [9.17, 15) is 18.9 Å². The molecule has 6 heteroatoms. The Kier molecular flexibility index (Phi) is 4.37. The average molecular weight is 244 g/mol. The van der Waals surface area contributed by atoms with E-state index < -0.39 is 22.2 Å². The Morgan fingerprint density at radius 3 is 2.35 bits per heavy atom. The molecular weight excluding hydrogens is 230 g/mol. The molecule has 0 aliphatic carbocycles. The fourth-order valence-corrected chi connectivity index (χ4v) is 1.50. The van der Waals surface area contributed by atoms with Gasteiger partial charge in [-0.2, -0.15) is 4.39 Å². The molecule has 0 aliphatic rings. The van der Waals surface area contributed by atoms with Crippen molar-refractivity contribution in [3.8, 4) is 0 Å². The molecule has 0 unspecified atom stereocenters. The first-order valence-electron chi connectivity index (χ1n) is 5.39. The Hall–Kier alpha value is -1.72. The van der Waals surface area contributed by atoms with Crippen LogP contribution < -0.4 is 5.32 Å². The Labute approximate surface area is 97.8 Å². The van der Waals surface area contributed by atoms with Crippen LogP contribution in [0.1, 0.15) is 26.7 Å². The van der Waals surface area contributed by atoms with Crippen LogP contribution in [0.25, 0.3) is 0 Å². The van der Waals surface area contributed by atoms with Crippen molar-refractivity contribution in [1.29, 1.82) is 0 Å². The second-order valence-electron chi connectivity index (χ2n) is 3.70. The largest absolute Gasteiger partial charge is 0.380 e. The van der Waals surface area contributed by atoms with Gasteiger partial charge >= 0.3 is 5.69 Å². The number of hydrogen-bond acceptors (Lipinski definition) is 3. The molecule has 0 fully saturated rings. The summed E-state index contributed by atoms with van der Waals surface area (Å²) in [5.74, 6) is -1.98. The number of benzene rings is 1. The zero-order valence-electron chi connectivity index (χ0n) is 9.67. The minimum absolute atomic E-state index is 0.00886. The molecule has 1 rings (SSSR count). The number of nitrogens with zero attached hydrogens (tertiary/aromatic N) is 1. The van der Waals surface area contributed by atoms with E-state index in [1.165, 1.54) is 0 Å². The van der Waals surface area contributed by atoms with Crippen LogP contribution in [0.5, 0.6) is 0 Å². The summed E-state index contributed by atoms with van der Waals surface area (Å²) in [5.41, 5.74) is -0.758. The highest BCUT2D eigenvalue weighted by Crippen LogP contribution is 2.26. The molecule has 0 aliphatic heterocycles. The smallest absolute Gasteiger partial charge is 0.307 e. The monoisotopic (exact) mass is 244 g/mol. The van der Waals surface area contributed by atoms with Crippen LogP contribution in [0.2, 0.25) is 0 Å². The van der Waals surface area contributed by atoms with Gasteiger partial charge in [0.15, 0.2) is 0 Å². The van der Waals surface area contributed by atoms with Crippen LogP contribution in [-0.2, 0) is 0 Å². The molecule has 1 N–H and O–H groups in total. The molecule has 0 saturated heterocycles. The van der Waals surface area contributed by atoms with E-state index in [-0.39, 0.29) is 11.7 Å². The Morgan fingerprint density at radius 1 is 1.29 bits per heavy atom. The van der Waals surface area contributed by atoms with Crippen molar-refractivity contribution in [1.82, 2.24) is 0 Å². The third-order valence-electron chi connectivity index (χ3n) is 2.58. The maximum absolute atomic E-state index is 13.4. The van der Waals surface area contributed by atoms with Gasteiger partial charge in [0, 0.05) is 18.2 Å². The predicted molar refractivity (Wildman–Crippen MR) is 61.0 cm³/mol. The molecule has 0 saturated carbocycles. The van der Waals surface area contributed by atoms with Crippen molar-refractivity contribution in [2.45, 2.75) is 32.7 Å². The van der Waals surface area contributed by atoms with Crippen molar-refractivity contribution in [3.63, 3.8) is 0 Å². The van der Waals surface area contributed by atoms with Crippen molar-refractivity contribution in [3.05, 3.63) is 33.9 Å². The second-order valence-corrected chi connectivity index (χ2v) is 3.70. The zero-order valence-corrected chi connectivity index (χ0v) is 9.67. The van der Waals surface area contributed by atoms with Crippen molar-refractivity contribution < 1.29 is 13.7 Å². The molecular formula is C11H14F2N2O2. The number of hydrogen-bond donors (Lipinski definition) is 1. The van der Waals surface area contributed by atoms with E-state index in [0.717, 1.165) is 18.9 Å². The quantitative estimate of drug-likeness (QED) is 0.637. The van der Waals surface area contributed by atoms with Crippen LogP contribution in [0.4, 0.5) is 20.2 Å². The van der Waals surface area contributed by atoms with Crippen LogP contribution >= 0.6 is 0 Å². The minimum Gasteiger partial charge on any atom is -0.380 e. The van der Waals surface area contributed by atoms with Crippen LogP contribution in [0.3, 0.4) is 0 Å². The first-order chi connectivity index (χ1) is 7.99. The van der Waals surface area contributed by atoms with Crippen LogP contribution in [-0.4, -0.2) is 11.0 Å². The van der Waals surface area contributed by atoms with Crippen molar-refractivity contribution >= 4 is 11.4 Å². The van der Waals surface area contributed by atoms with Crippen molar-refractivity contribution in [2.75, 3.05) is 5.32 Å². The lowest BCUT2D eigenvalue weighted by molar-refractivity contribution is -0.387. The van der Waals surface area contributed by atoms with Gasteiger partial charge in [0.1, 0.15) is 5.82 Å². The summed E-state index contributed by atoms with van der Waals surface area (Å²) in [7, 11) is 0. The van der Waals surface area contributed by atoms with Gasteiger partial charge in [0.2, 0.25) is 5.82 Å². The molecule has 0 atom stereocenters. The lowest BCUT2D eigenvalue weighted by Crippen LogP contribution is -2.18. The summed E-state index contributed by atoms with van der Waals surface area (Å²) in [6, 6.07) is 1.43. The Bertz CT molecular complexity index is 420. The van der Waals surface area contributed by atoms with Gasteiger partial charge in [-0.05, 0) is 12.8 Å². The van der Waals surface area contributed by atoms with Gasteiger partial charge < -0.3 is 5.32 Å². The first kappa shape index (κ1) is 13.3.